The molecule has 0 bridgehead atoms. The van der Waals surface area contributed by atoms with Gasteiger partial charge in [-0.15, -0.1) is 0 Å². The van der Waals surface area contributed by atoms with Crippen LogP contribution >= 0.6 is 0 Å². The Labute approximate surface area is 92.8 Å². The van der Waals surface area contributed by atoms with E-state index in [9.17, 15) is 18.0 Å². The van der Waals surface area contributed by atoms with E-state index in [1.165, 1.54) is 0 Å². The molecule has 1 aliphatic carbocycles. The van der Waals surface area contributed by atoms with Crippen molar-refractivity contribution in [2.75, 3.05) is 0 Å². The summed E-state index contributed by atoms with van der Waals surface area (Å²) in [5, 5.41) is 8.59. The van der Waals surface area contributed by atoms with Crippen molar-refractivity contribution in [3.05, 3.63) is 0 Å². The number of halogens is 3. The van der Waals surface area contributed by atoms with Gasteiger partial charge in [-0.25, -0.2) is 0 Å². The van der Waals surface area contributed by atoms with Gasteiger partial charge in [0.2, 0.25) is 0 Å². The van der Waals surface area contributed by atoms with Crippen molar-refractivity contribution in [2.45, 2.75) is 51.6 Å². The minimum Gasteiger partial charge on any atom is -0.481 e. The number of aliphatic carboxylic acids is 1. The van der Waals surface area contributed by atoms with Gasteiger partial charge in [0.05, 0.1) is 12.3 Å². The van der Waals surface area contributed by atoms with Crippen LogP contribution in [0, 0.1) is 11.3 Å². The third-order valence-electron chi connectivity index (χ3n) is 3.61. The highest BCUT2D eigenvalue weighted by atomic mass is 19.4. The molecule has 0 aromatic heterocycles. The lowest BCUT2D eigenvalue weighted by Gasteiger charge is -2.41. The zero-order chi connectivity index (χ0) is 12.4. The Hall–Kier alpha value is -0.740. The van der Waals surface area contributed by atoms with Crippen LogP contribution < -0.4 is 0 Å². The molecule has 0 aromatic carbocycles. The molecule has 0 amide bonds. The Bertz CT molecular complexity index is 254. The molecule has 1 rings (SSSR count). The van der Waals surface area contributed by atoms with Crippen LogP contribution in [-0.4, -0.2) is 17.3 Å². The van der Waals surface area contributed by atoms with Gasteiger partial charge in [-0.05, 0) is 18.3 Å². The second kappa shape index (κ2) is 4.63. The predicted molar refractivity (Wildman–Crippen MR) is 53.0 cm³/mol. The molecule has 1 fully saturated rings. The van der Waals surface area contributed by atoms with Gasteiger partial charge in [0, 0.05) is 0 Å². The van der Waals surface area contributed by atoms with Gasteiger partial charge in [0.15, 0.2) is 0 Å². The lowest BCUT2D eigenvalue weighted by Crippen LogP contribution is -2.41. The van der Waals surface area contributed by atoms with Crippen LogP contribution in [0.15, 0.2) is 0 Å². The van der Waals surface area contributed by atoms with E-state index in [1.54, 1.807) is 6.92 Å². The van der Waals surface area contributed by atoms with Crippen molar-refractivity contribution in [3.8, 4) is 0 Å². The quantitative estimate of drug-likeness (QED) is 0.815. The number of alkyl halides is 3. The fraction of sp³-hybridized carbons (Fsp3) is 0.909. The van der Waals surface area contributed by atoms with Crippen LogP contribution in [0.2, 0.25) is 0 Å². The van der Waals surface area contributed by atoms with Crippen molar-refractivity contribution >= 4 is 5.97 Å². The lowest BCUT2D eigenvalue weighted by atomic mass is 9.66. The number of hydrogen-bond acceptors (Lipinski definition) is 1. The predicted octanol–water partition coefficient (Wildman–Crippen LogP) is 3.61. The molecule has 0 heterocycles. The number of carboxylic acids is 1. The molecule has 0 aromatic rings. The van der Waals surface area contributed by atoms with E-state index in [2.05, 4.69) is 0 Å². The van der Waals surface area contributed by atoms with E-state index >= 15 is 0 Å². The fourth-order valence-corrected chi connectivity index (χ4v) is 2.64. The summed E-state index contributed by atoms with van der Waals surface area (Å²) in [5.74, 6) is -3.08. The molecule has 1 N–H and O–H groups in total. The van der Waals surface area contributed by atoms with E-state index in [1.807, 2.05) is 0 Å². The van der Waals surface area contributed by atoms with E-state index in [0.717, 1.165) is 19.3 Å². The van der Waals surface area contributed by atoms with Crippen LogP contribution in [0.5, 0.6) is 0 Å². The summed E-state index contributed by atoms with van der Waals surface area (Å²) in [5.41, 5.74) is -0.894. The van der Waals surface area contributed by atoms with E-state index in [0.29, 0.717) is 12.8 Å². The molecular weight excluding hydrogens is 221 g/mol. The first kappa shape index (κ1) is 13.3. The number of rotatable bonds is 3. The highest BCUT2D eigenvalue weighted by Crippen LogP contribution is 2.50. The van der Waals surface area contributed by atoms with E-state index < -0.39 is 29.9 Å². The lowest BCUT2D eigenvalue weighted by molar-refractivity contribution is -0.214. The number of carbonyl (C=O) groups is 1. The van der Waals surface area contributed by atoms with E-state index in [4.69, 9.17) is 5.11 Å². The molecule has 0 saturated heterocycles. The monoisotopic (exact) mass is 238 g/mol. The largest absolute Gasteiger partial charge is 0.481 e. The zero-order valence-electron chi connectivity index (χ0n) is 9.31. The normalized spacial score (nSPS) is 22.8. The standard InChI is InChI=1S/C11H17F3O2/c1-10(5-3-2-4-6-10)8(7-9(15)16)11(12,13)14/h8H,2-7H2,1H3,(H,15,16). The molecule has 1 aliphatic rings. The average molecular weight is 238 g/mol. The van der Waals surface area contributed by atoms with Crippen LogP contribution in [0.25, 0.3) is 0 Å². The zero-order valence-corrected chi connectivity index (χ0v) is 9.31. The fourth-order valence-electron chi connectivity index (χ4n) is 2.64. The molecule has 0 aliphatic heterocycles. The van der Waals surface area contributed by atoms with Gasteiger partial charge in [0.25, 0.3) is 0 Å². The summed E-state index contributed by atoms with van der Waals surface area (Å²) in [6.07, 6.45) is -1.78. The maximum absolute atomic E-state index is 12.8. The third-order valence-corrected chi connectivity index (χ3v) is 3.61. The summed E-state index contributed by atoms with van der Waals surface area (Å²) >= 11 is 0. The maximum Gasteiger partial charge on any atom is 0.392 e. The molecule has 5 heteroatoms. The van der Waals surface area contributed by atoms with E-state index in [-0.39, 0.29) is 0 Å². The van der Waals surface area contributed by atoms with Crippen LogP contribution in [0.4, 0.5) is 13.2 Å². The Morgan fingerprint density at radius 1 is 1.31 bits per heavy atom. The minimum absolute atomic E-state index is 0.477. The average Bonchev–Trinajstić information content (AvgIpc) is 2.13. The second-order valence-corrected chi connectivity index (χ2v) is 4.91. The van der Waals surface area contributed by atoms with Gasteiger partial charge in [-0.3, -0.25) is 4.79 Å². The van der Waals surface area contributed by atoms with Crippen LogP contribution in [-0.2, 0) is 4.79 Å². The van der Waals surface area contributed by atoms with Gasteiger partial charge in [-0.1, -0.05) is 26.2 Å². The van der Waals surface area contributed by atoms with Crippen molar-refractivity contribution in [1.82, 2.24) is 0 Å². The molecular formula is C11H17F3O2. The van der Waals surface area contributed by atoms with Gasteiger partial charge >= 0.3 is 12.1 Å². The summed E-state index contributed by atoms with van der Waals surface area (Å²) in [6.45, 7) is 1.58. The topological polar surface area (TPSA) is 37.3 Å². The minimum atomic E-state index is -4.41. The highest BCUT2D eigenvalue weighted by molar-refractivity contribution is 5.67. The first-order valence-corrected chi connectivity index (χ1v) is 5.54. The maximum atomic E-state index is 12.8. The molecule has 1 saturated carbocycles. The first-order valence-electron chi connectivity index (χ1n) is 5.54. The Morgan fingerprint density at radius 3 is 2.19 bits per heavy atom. The van der Waals surface area contributed by atoms with Gasteiger partial charge < -0.3 is 5.11 Å². The number of hydrogen-bond donors (Lipinski definition) is 1. The van der Waals surface area contributed by atoms with Crippen molar-refractivity contribution < 1.29 is 23.1 Å². The first-order chi connectivity index (χ1) is 7.26. The van der Waals surface area contributed by atoms with Crippen molar-refractivity contribution in [1.29, 1.82) is 0 Å². The van der Waals surface area contributed by atoms with Crippen molar-refractivity contribution in [2.24, 2.45) is 11.3 Å². The SMILES string of the molecule is CC1(C(CC(=O)O)C(F)(F)F)CCCCC1. The Morgan fingerprint density at radius 2 is 1.81 bits per heavy atom. The highest BCUT2D eigenvalue weighted by Gasteiger charge is 2.51. The second-order valence-electron chi connectivity index (χ2n) is 4.91. The van der Waals surface area contributed by atoms with Crippen molar-refractivity contribution in [3.63, 3.8) is 0 Å². The number of carboxylic acid groups (broad SMARTS) is 1. The Balaban J connectivity index is 2.85. The molecule has 1 unspecified atom stereocenters. The third kappa shape index (κ3) is 3.12. The summed E-state index contributed by atoms with van der Waals surface area (Å²) in [7, 11) is 0. The Kier molecular flexibility index (Phi) is 3.86. The summed E-state index contributed by atoms with van der Waals surface area (Å²) < 4.78 is 38.5. The molecule has 94 valence electrons. The molecule has 0 radical (unpaired) electrons. The molecule has 0 spiro atoms. The van der Waals surface area contributed by atoms with Crippen LogP contribution in [0.1, 0.15) is 45.4 Å². The molecule has 1 atom stereocenters. The summed E-state index contributed by atoms with van der Waals surface area (Å²) in [4.78, 5) is 10.5. The van der Waals surface area contributed by atoms with Gasteiger partial charge in [0.1, 0.15) is 0 Å². The smallest absolute Gasteiger partial charge is 0.392 e. The molecule has 16 heavy (non-hydrogen) atoms. The summed E-state index contributed by atoms with van der Waals surface area (Å²) in [6, 6.07) is 0. The van der Waals surface area contributed by atoms with Crippen LogP contribution in [0.3, 0.4) is 0 Å². The molecule has 2 nitrogen and oxygen atoms in total. The van der Waals surface area contributed by atoms with Gasteiger partial charge in [-0.2, -0.15) is 13.2 Å².